The van der Waals surface area contributed by atoms with Gasteiger partial charge in [0.15, 0.2) is 0 Å². The molecule has 1 aliphatic rings. The van der Waals surface area contributed by atoms with Crippen LogP contribution in [0.25, 0.3) is 0 Å². The number of nitrogens with one attached hydrogen (secondary N) is 2. The van der Waals surface area contributed by atoms with Crippen LogP contribution in [-0.4, -0.2) is 38.1 Å². The van der Waals surface area contributed by atoms with E-state index in [-0.39, 0.29) is 4.90 Å². The lowest BCUT2D eigenvalue weighted by molar-refractivity contribution is -0.130. The van der Waals surface area contributed by atoms with Gasteiger partial charge in [-0.1, -0.05) is 18.2 Å². The summed E-state index contributed by atoms with van der Waals surface area (Å²) in [6.07, 6.45) is 0.759. The summed E-state index contributed by atoms with van der Waals surface area (Å²) in [7, 11) is -3.78. The molecular weight excluding hydrogens is 304 g/mol. The summed E-state index contributed by atoms with van der Waals surface area (Å²) >= 11 is 0. The highest BCUT2D eigenvalue weighted by Gasteiger charge is 2.29. The van der Waals surface area contributed by atoms with Crippen molar-refractivity contribution < 1.29 is 18.3 Å². The number of aliphatic hydroxyl groups excluding tert-OH is 1. The number of hydrogen-bond acceptors (Lipinski definition) is 4. The minimum atomic E-state index is -3.78. The first-order valence-electron chi connectivity index (χ1n) is 7.35. The lowest BCUT2D eigenvalue weighted by atomic mass is 10.2. The highest BCUT2D eigenvalue weighted by Crippen LogP contribution is 2.27. The van der Waals surface area contributed by atoms with Gasteiger partial charge >= 0.3 is 0 Å². The third kappa shape index (κ3) is 4.28. The number of benzene rings is 1. The van der Waals surface area contributed by atoms with E-state index in [9.17, 15) is 18.3 Å². The van der Waals surface area contributed by atoms with Gasteiger partial charge in [0.2, 0.25) is 10.0 Å². The van der Waals surface area contributed by atoms with Crippen LogP contribution in [-0.2, 0) is 14.8 Å². The van der Waals surface area contributed by atoms with Gasteiger partial charge in [-0.15, -0.1) is 0 Å². The maximum Gasteiger partial charge on any atom is 0.250 e. The molecule has 7 heteroatoms. The number of carbonyl (C=O) groups excluding carboxylic acids is 1. The van der Waals surface area contributed by atoms with Gasteiger partial charge in [0.25, 0.3) is 5.91 Å². The molecular formula is C15H22N2O4S. The van der Waals surface area contributed by atoms with Crippen molar-refractivity contribution in [3.05, 3.63) is 29.8 Å². The van der Waals surface area contributed by atoms with E-state index < -0.39 is 28.1 Å². The monoisotopic (exact) mass is 326 g/mol. The van der Waals surface area contributed by atoms with Gasteiger partial charge < -0.3 is 10.4 Å². The molecule has 0 saturated heterocycles. The van der Waals surface area contributed by atoms with Crippen molar-refractivity contribution >= 4 is 15.9 Å². The average Bonchev–Trinajstić information content (AvgIpc) is 3.27. The van der Waals surface area contributed by atoms with E-state index in [1.165, 1.54) is 13.0 Å². The minimum Gasteiger partial charge on any atom is -0.382 e. The maximum absolute atomic E-state index is 12.3. The number of aliphatic hydroxyl groups is 1. The molecule has 1 aromatic rings. The number of amides is 1. The van der Waals surface area contributed by atoms with Crippen LogP contribution in [0, 0.1) is 12.8 Å². The number of sulfonamides is 1. The van der Waals surface area contributed by atoms with Gasteiger partial charge in [-0.05, 0) is 44.2 Å². The average molecular weight is 326 g/mol. The molecule has 0 heterocycles. The van der Waals surface area contributed by atoms with Crippen molar-refractivity contribution in [3.63, 3.8) is 0 Å². The smallest absolute Gasteiger partial charge is 0.250 e. The van der Waals surface area contributed by atoms with Crippen molar-refractivity contribution in [1.29, 1.82) is 0 Å². The molecule has 0 aliphatic heterocycles. The first-order chi connectivity index (χ1) is 10.3. The van der Waals surface area contributed by atoms with E-state index in [0.29, 0.717) is 18.0 Å². The first kappa shape index (κ1) is 16.9. The second kappa shape index (κ2) is 6.76. The van der Waals surface area contributed by atoms with Gasteiger partial charge in [-0.2, -0.15) is 0 Å². The van der Waals surface area contributed by atoms with Crippen molar-refractivity contribution in [2.75, 3.05) is 6.54 Å². The minimum absolute atomic E-state index is 0.146. The van der Waals surface area contributed by atoms with Crippen LogP contribution in [0.4, 0.5) is 0 Å². The SMILES string of the molecule is Cc1ccccc1S(=O)(=O)NC(C)C(O)C(=O)NCC1CC1. The molecule has 6 nitrogen and oxygen atoms in total. The van der Waals surface area contributed by atoms with Crippen LogP contribution in [0.3, 0.4) is 0 Å². The van der Waals surface area contributed by atoms with Crippen molar-refractivity contribution in [3.8, 4) is 0 Å². The Morgan fingerprint density at radius 2 is 2.00 bits per heavy atom. The highest BCUT2D eigenvalue weighted by molar-refractivity contribution is 7.89. The summed E-state index contributed by atoms with van der Waals surface area (Å²) in [6, 6.07) is 5.65. The summed E-state index contributed by atoms with van der Waals surface area (Å²) < 4.78 is 27.0. The molecule has 2 atom stereocenters. The summed E-state index contributed by atoms with van der Waals surface area (Å²) in [5.41, 5.74) is 0.606. The van der Waals surface area contributed by atoms with Crippen LogP contribution < -0.4 is 10.0 Å². The zero-order chi connectivity index (χ0) is 16.3. The maximum atomic E-state index is 12.3. The zero-order valence-corrected chi connectivity index (χ0v) is 13.6. The van der Waals surface area contributed by atoms with Crippen LogP contribution in [0.2, 0.25) is 0 Å². The molecule has 0 spiro atoms. The number of aryl methyl sites for hydroxylation is 1. The summed E-state index contributed by atoms with van der Waals surface area (Å²) in [5.74, 6) is -0.0537. The second-order valence-corrected chi connectivity index (χ2v) is 7.49. The molecule has 0 aromatic heterocycles. The van der Waals surface area contributed by atoms with E-state index in [1.54, 1.807) is 25.1 Å². The first-order valence-corrected chi connectivity index (χ1v) is 8.83. The van der Waals surface area contributed by atoms with E-state index >= 15 is 0 Å². The number of rotatable bonds is 7. The van der Waals surface area contributed by atoms with E-state index in [0.717, 1.165) is 12.8 Å². The Labute approximate surface area is 131 Å². The molecule has 1 aliphatic carbocycles. The summed E-state index contributed by atoms with van der Waals surface area (Å²) in [4.78, 5) is 12.0. The van der Waals surface area contributed by atoms with Crippen molar-refractivity contribution in [2.24, 2.45) is 5.92 Å². The van der Waals surface area contributed by atoms with Gasteiger partial charge in [-0.3, -0.25) is 4.79 Å². The Morgan fingerprint density at radius 3 is 2.59 bits per heavy atom. The quantitative estimate of drug-likeness (QED) is 0.682. The molecule has 1 amide bonds. The van der Waals surface area contributed by atoms with Crippen LogP contribution in [0.1, 0.15) is 25.3 Å². The topological polar surface area (TPSA) is 95.5 Å². The Morgan fingerprint density at radius 1 is 1.36 bits per heavy atom. The molecule has 1 fully saturated rings. The Bertz CT molecular complexity index is 641. The van der Waals surface area contributed by atoms with Crippen molar-refractivity contribution in [1.82, 2.24) is 10.0 Å². The van der Waals surface area contributed by atoms with E-state index in [4.69, 9.17) is 0 Å². The fourth-order valence-corrected chi connectivity index (χ4v) is 3.62. The van der Waals surface area contributed by atoms with Crippen molar-refractivity contribution in [2.45, 2.75) is 43.7 Å². The zero-order valence-electron chi connectivity index (χ0n) is 12.7. The second-order valence-electron chi connectivity index (χ2n) is 5.81. The van der Waals surface area contributed by atoms with Gasteiger partial charge in [0, 0.05) is 6.54 Å². The largest absolute Gasteiger partial charge is 0.382 e. The molecule has 1 saturated carbocycles. The highest BCUT2D eigenvalue weighted by atomic mass is 32.2. The predicted molar refractivity (Wildman–Crippen MR) is 82.7 cm³/mol. The predicted octanol–water partition coefficient (Wildman–Crippen LogP) is 0.549. The van der Waals surface area contributed by atoms with E-state index in [1.807, 2.05) is 0 Å². The number of hydrogen-bond donors (Lipinski definition) is 3. The van der Waals surface area contributed by atoms with Crippen LogP contribution >= 0.6 is 0 Å². The third-order valence-electron chi connectivity index (χ3n) is 3.73. The normalized spacial score (nSPS) is 17.8. The molecule has 122 valence electrons. The Hall–Kier alpha value is -1.44. The van der Waals surface area contributed by atoms with Gasteiger partial charge in [0.1, 0.15) is 6.10 Å². The fourth-order valence-electron chi connectivity index (χ4n) is 2.13. The molecule has 2 rings (SSSR count). The molecule has 3 N–H and O–H groups in total. The lowest BCUT2D eigenvalue weighted by Crippen LogP contribution is -2.49. The molecule has 0 bridgehead atoms. The molecule has 0 radical (unpaired) electrons. The molecule has 1 aromatic carbocycles. The van der Waals surface area contributed by atoms with Crippen LogP contribution in [0.5, 0.6) is 0 Å². The summed E-state index contributed by atoms with van der Waals surface area (Å²) in [6.45, 7) is 3.70. The van der Waals surface area contributed by atoms with E-state index in [2.05, 4.69) is 10.0 Å². The Kier molecular flexibility index (Phi) is 5.20. The third-order valence-corrected chi connectivity index (χ3v) is 5.45. The fraction of sp³-hybridized carbons (Fsp3) is 0.533. The number of carbonyl (C=O) groups is 1. The summed E-state index contributed by atoms with van der Waals surface area (Å²) in [5, 5.41) is 12.6. The van der Waals surface area contributed by atoms with Gasteiger partial charge in [0.05, 0.1) is 10.9 Å². The van der Waals surface area contributed by atoms with Gasteiger partial charge in [-0.25, -0.2) is 13.1 Å². The molecule has 22 heavy (non-hydrogen) atoms. The lowest BCUT2D eigenvalue weighted by Gasteiger charge is -2.20. The standard InChI is InChI=1S/C15H22N2O4S/c1-10-5-3-4-6-13(10)22(20,21)17-11(2)14(18)15(19)16-9-12-7-8-12/h3-6,11-12,14,17-18H,7-9H2,1-2H3,(H,16,19). The van der Waals surface area contributed by atoms with Crippen LogP contribution in [0.15, 0.2) is 29.2 Å². The Balaban J connectivity index is 1.98. The molecule has 2 unspecified atom stereocenters.